The molecule has 0 saturated carbocycles. The number of rotatable bonds is 4. The van der Waals surface area contributed by atoms with Crippen molar-refractivity contribution < 1.29 is 19.8 Å². The summed E-state index contributed by atoms with van der Waals surface area (Å²) in [5.74, 6) is -0.923. The number of nitrogens with one attached hydrogen (secondary N) is 2. The molecule has 0 aliphatic heterocycles. The molecule has 6 heteroatoms. The van der Waals surface area contributed by atoms with Crippen LogP contribution in [0.15, 0.2) is 48.5 Å². The van der Waals surface area contributed by atoms with E-state index >= 15 is 0 Å². The van der Waals surface area contributed by atoms with Crippen molar-refractivity contribution in [3.63, 3.8) is 0 Å². The molecule has 0 bridgehead atoms. The lowest BCUT2D eigenvalue weighted by Gasteiger charge is -2.29. The molecular weight excluding hydrogens is 368 g/mol. The van der Waals surface area contributed by atoms with Crippen molar-refractivity contribution in [3.05, 3.63) is 70.8 Å². The fourth-order valence-electron chi connectivity index (χ4n) is 4.24. The Kier molecular flexibility index (Phi) is 4.92. The topological polar surface area (TPSA) is 98.7 Å². The standard InChI is InChI=1S/C23H26N2O4/c1-23(2,21(28)24-19-15-9-5-3-7-13(15)11-17(19)26)22(29)25-20-16-10-6-4-8-14(16)12-18(20)27/h3-10,17-20,26-27H,11-12H2,1-2H3,(H,24,28)(H,25,29)/t17-,18+,19-,20-/m0/s1. The highest BCUT2D eigenvalue weighted by Crippen LogP contribution is 2.34. The Morgan fingerprint density at radius 1 is 0.793 bits per heavy atom. The second kappa shape index (κ2) is 7.28. The molecule has 4 N–H and O–H groups in total. The van der Waals surface area contributed by atoms with Crippen LogP contribution in [0.2, 0.25) is 0 Å². The lowest BCUT2D eigenvalue weighted by molar-refractivity contribution is -0.143. The summed E-state index contributed by atoms with van der Waals surface area (Å²) in [6.45, 7) is 3.11. The molecule has 0 saturated heterocycles. The molecule has 0 heterocycles. The van der Waals surface area contributed by atoms with E-state index in [1.165, 1.54) is 0 Å². The second-order valence-corrected chi connectivity index (χ2v) is 8.47. The van der Waals surface area contributed by atoms with Gasteiger partial charge in [-0.05, 0) is 36.1 Å². The Bertz CT molecular complexity index is 880. The van der Waals surface area contributed by atoms with Gasteiger partial charge in [0.25, 0.3) is 0 Å². The van der Waals surface area contributed by atoms with Crippen LogP contribution in [0.25, 0.3) is 0 Å². The van der Waals surface area contributed by atoms with E-state index in [0.29, 0.717) is 12.8 Å². The number of aliphatic hydroxyl groups excluding tert-OH is 2. The van der Waals surface area contributed by atoms with Gasteiger partial charge in [0, 0.05) is 12.8 Å². The maximum Gasteiger partial charge on any atom is 0.235 e. The summed E-state index contributed by atoms with van der Waals surface area (Å²) in [5, 5.41) is 26.5. The Balaban J connectivity index is 1.48. The minimum atomic E-state index is -1.37. The quantitative estimate of drug-likeness (QED) is 0.592. The number of hydrogen-bond donors (Lipinski definition) is 4. The number of benzene rings is 2. The van der Waals surface area contributed by atoms with Crippen LogP contribution in [0, 0.1) is 5.41 Å². The Morgan fingerprint density at radius 3 is 1.59 bits per heavy atom. The van der Waals surface area contributed by atoms with Crippen LogP contribution in [-0.4, -0.2) is 34.2 Å². The first-order valence-electron chi connectivity index (χ1n) is 9.92. The van der Waals surface area contributed by atoms with Crippen LogP contribution in [0.5, 0.6) is 0 Å². The minimum Gasteiger partial charge on any atom is -0.390 e. The second-order valence-electron chi connectivity index (χ2n) is 8.47. The third-order valence-electron chi connectivity index (χ3n) is 6.12. The van der Waals surface area contributed by atoms with Crippen LogP contribution >= 0.6 is 0 Å². The summed E-state index contributed by atoms with van der Waals surface area (Å²) in [7, 11) is 0. The third-order valence-corrected chi connectivity index (χ3v) is 6.12. The highest BCUT2D eigenvalue weighted by atomic mass is 16.3. The molecule has 4 rings (SSSR count). The summed E-state index contributed by atoms with van der Waals surface area (Å²) in [6.07, 6.45) is -0.505. The van der Waals surface area contributed by atoms with Gasteiger partial charge in [0.2, 0.25) is 11.8 Å². The minimum absolute atomic E-state index is 0.462. The number of aliphatic hydroxyl groups is 2. The molecule has 4 atom stereocenters. The maximum absolute atomic E-state index is 13.0. The van der Waals surface area contributed by atoms with Gasteiger partial charge in [-0.15, -0.1) is 0 Å². The van der Waals surface area contributed by atoms with E-state index in [9.17, 15) is 19.8 Å². The molecule has 2 aromatic rings. The van der Waals surface area contributed by atoms with Gasteiger partial charge >= 0.3 is 0 Å². The van der Waals surface area contributed by atoms with Crippen molar-refractivity contribution in [2.75, 3.05) is 0 Å². The van der Waals surface area contributed by atoms with Crippen molar-refractivity contribution in [2.45, 2.75) is 51.0 Å². The van der Waals surface area contributed by atoms with Crippen molar-refractivity contribution in [2.24, 2.45) is 5.41 Å². The molecule has 0 unspecified atom stereocenters. The Hall–Kier alpha value is -2.70. The molecule has 0 aromatic heterocycles. The highest BCUT2D eigenvalue weighted by molar-refractivity contribution is 6.04. The number of amides is 2. The van der Waals surface area contributed by atoms with Crippen LogP contribution in [-0.2, 0) is 22.4 Å². The smallest absolute Gasteiger partial charge is 0.235 e. The van der Waals surface area contributed by atoms with Gasteiger partial charge in [0.05, 0.1) is 24.3 Å². The third kappa shape index (κ3) is 3.43. The first-order valence-corrected chi connectivity index (χ1v) is 9.92. The molecular formula is C23H26N2O4. The largest absolute Gasteiger partial charge is 0.390 e. The normalized spacial score (nSPS) is 25.2. The van der Waals surface area contributed by atoms with Crippen LogP contribution in [0.3, 0.4) is 0 Å². The van der Waals surface area contributed by atoms with Gasteiger partial charge in [-0.25, -0.2) is 0 Å². The zero-order valence-electron chi connectivity index (χ0n) is 16.6. The fraction of sp³-hybridized carbons (Fsp3) is 0.391. The van der Waals surface area contributed by atoms with E-state index in [1.54, 1.807) is 13.8 Å². The number of hydrogen-bond acceptors (Lipinski definition) is 4. The zero-order valence-corrected chi connectivity index (χ0v) is 16.6. The summed E-state index contributed by atoms with van der Waals surface area (Å²) in [4.78, 5) is 25.9. The van der Waals surface area contributed by atoms with E-state index < -0.39 is 41.5 Å². The van der Waals surface area contributed by atoms with Gasteiger partial charge in [0.1, 0.15) is 5.41 Å². The predicted molar refractivity (Wildman–Crippen MR) is 108 cm³/mol. The summed E-state index contributed by atoms with van der Waals surface area (Å²) >= 11 is 0. The van der Waals surface area contributed by atoms with Crippen molar-refractivity contribution >= 4 is 11.8 Å². The maximum atomic E-state index is 13.0. The van der Waals surface area contributed by atoms with Crippen molar-refractivity contribution in [1.29, 1.82) is 0 Å². The molecule has 2 aliphatic rings. The van der Waals surface area contributed by atoms with E-state index in [0.717, 1.165) is 22.3 Å². The zero-order chi connectivity index (χ0) is 20.8. The molecule has 2 aliphatic carbocycles. The van der Waals surface area contributed by atoms with E-state index in [2.05, 4.69) is 10.6 Å². The van der Waals surface area contributed by atoms with Gasteiger partial charge in [-0.3, -0.25) is 9.59 Å². The van der Waals surface area contributed by atoms with E-state index in [-0.39, 0.29) is 0 Å². The van der Waals surface area contributed by atoms with Crippen LogP contribution < -0.4 is 10.6 Å². The Morgan fingerprint density at radius 2 is 1.17 bits per heavy atom. The van der Waals surface area contributed by atoms with Gasteiger partial charge < -0.3 is 20.8 Å². The summed E-state index contributed by atoms with van der Waals surface area (Å²) in [5.41, 5.74) is 2.39. The first kappa shape index (κ1) is 19.6. The molecule has 0 radical (unpaired) electrons. The van der Waals surface area contributed by atoms with Crippen molar-refractivity contribution in [3.8, 4) is 0 Å². The highest BCUT2D eigenvalue weighted by Gasteiger charge is 2.42. The molecule has 0 fully saturated rings. The Labute approximate surface area is 170 Å². The molecule has 2 aromatic carbocycles. The average Bonchev–Trinajstić information content (AvgIpc) is 3.18. The lowest BCUT2D eigenvalue weighted by Crippen LogP contribution is -2.51. The molecule has 152 valence electrons. The molecule has 29 heavy (non-hydrogen) atoms. The van der Waals surface area contributed by atoms with E-state index in [1.807, 2.05) is 48.5 Å². The fourth-order valence-corrected chi connectivity index (χ4v) is 4.24. The van der Waals surface area contributed by atoms with E-state index in [4.69, 9.17) is 0 Å². The number of carbonyl (C=O) groups excluding carboxylic acids is 2. The number of fused-ring (bicyclic) bond motifs is 2. The van der Waals surface area contributed by atoms with Crippen LogP contribution in [0.4, 0.5) is 0 Å². The molecule has 0 spiro atoms. The van der Waals surface area contributed by atoms with Crippen LogP contribution in [0.1, 0.15) is 48.2 Å². The van der Waals surface area contributed by atoms with Gasteiger partial charge in [-0.1, -0.05) is 48.5 Å². The molecule has 2 amide bonds. The lowest BCUT2D eigenvalue weighted by atomic mass is 9.89. The molecule has 6 nitrogen and oxygen atoms in total. The number of carbonyl (C=O) groups is 2. The summed E-state index contributed by atoms with van der Waals surface area (Å²) < 4.78 is 0. The van der Waals surface area contributed by atoms with Gasteiger partial charge in [0.15, 0.2) is 0 Å². The average molecular weight is 394 g/mol. The monoisotopic (exact) mass is 394 g/mol. The van der Waals surface area contributed by atoms with Crippen molar-refractivity contribution in [1.82, 2.24) is 10.6 Å². The predicted octanol–water partition coefficient (Wildman–Crippen LogP) is 1.56. The van der Waals surface area contributed by atoms with Gasteiger partial charge in [-0.2, -0.15) is 0 Å². The summed E-state index contributed by atoms with van der Waals surface area (Å²) in [6, 6.07) is 14.1. The SMILES string of the molecule is CC(C)(C(=O)N[C@H]1c2ccccc2C[C@H]1O)C(=O)N[C@H]1c2ccccc2C[C@@H]1O. The first-order chi connectivity index (χ1) is 13.8.